The zero-order chi connectivity index (χ0) is 30.5. The first kappa shape index (κ1) is 31.0. The zero-order valence-electron chi connectivity index (χ0n) is 24.5. The number of H-pyrrole nitrogens is 1. The molecule has 0 amide bonds. The Kier molecular flexibility index (Phi) is 10.0. The smallest absolute Gasteiger partial charge is 0.231 e. The molecule has 0 radical (unpaired) electrons. The molecular weight excluding hydrogens is 569 g/mol. The molecule has 0 saturated carbocycles. The molecule has 3 heterocycles. The van der Waals surface area contributed by atoms with Gasteiger partial charge in [0.15, 0.2) is 11.8 Å². The summed E-state index contributed by atoms with van der Waals surface area (Å²) in [5, 5.41) is 21.8. The van der Waals surface area contributed by atoms with Crippen LogP contribution in [0.4, 0.5) is 10.1 Å². The topological polar surface area (TPSA) is 149 Å². The molecule has 1 fully saturated rings. The zero-order valence-corrected chi connectivity index (χ0v) is 25.2. The molecule has 1 unspecified atom stereocenters. The molecule has 11 heteroatoms. The number of halogens is 2. The Morgan fingerprint density at radius 2 is 2.07 bits per heavy atom. The number of rotatable bonds is 11. The van der Waals surface area contributed by atoms with Crippen LogP contribution in [0.1, 0.15) is 62.5 Å². The third kappa shape index (κ3) is 7.75. The largest absolute Gasteiger partial charge is 0.378 e. The first-order valence-electron chi connectivity index (χ1n) is 15.0. The van der Waals surface area contributed by atoms with Crippen LogP contribution in [0.5, 0.6) is 0 Å². The summed E-state index contributed by atoms with van der Waals surface area (Å²) in [5.41, 5.74) is 15.6. The molecule has 0 aliphatic carbocycles. The second-order valence-corrected chi connectivity index (χ2v) is 12.0. The van der Waals surface area contributed by atoms with E-state index in [4.69, 9.17) is 33.2 Å². The van der Waals surface area contributed by atoms with Crippen molar-refractivity contribution in [2.75, 3.05) is 18.1 Å². The number of benzene rings is 2. The molecule has 0 bridgehead atoms. The van der Waals surface area contributed by atoms with Crippen molar-refractivity contribution in [3.05, 3.63) is 75.1 Å². The van der Waals surface area contributed by atoms with Crippen LogP contribution >= 0.6 is 11.6 Å². The number of fused-ring (bicyclic) bond motifs is 1. The van der Waals surface area contributed by atoms with Gasteiger partial charge in [-0.3, -0.25) is 5.41 Å². The fraction of sp³-hybridized carbons (Fsp3) is 0.438. The van der Waals surface area contributed by atoms with Crippen molar-refractivity contribution in [1.82, 2.24) is 10.3 Å². The molecule has 5 rings (SSSR count). The van der Waals surface area contributed by atoms with Gasteiger partial charge in [0.25, 0.3) is 0 Å². The van der Waals surface area contributed by atoms with E-state index in [0.717, 1.165) is 68.0 Å². The van der Waals surface area contributed by atoms with Gasteiger partial charge in [-0.2, -0.15) is 0 Å². The van der Waals surface area contributed by atoms with Crippen molar-refractivity contribution in [3.8, 4) is 11.3 Å². The van der Waals surface area contributed by atoms with Gasteiger partial charge in [-0.1, -0.05) is 23.7 Å². The average molecular weight is 610 g/mol. The van der Waals surface area contributed by atoms with Gasteiger partial charge in [0.1, 0.15) is 5.49 Å². The number of aromatic amines is 1. The van der Waals surface area contributed by atoms with Crippen molar-refractivity contribution >= 4 is 29.4 Å². The first-order chi connectivity index (χ1) is 20.7. The molecule has 3 aromatic rings. The second kappa shape index (κ2) is 13.9. The highest BCUT2D eigenvalue weighted by molar-refractivity contribution is 6.31. The van der Waals surface area contributed by atoms with E-state index in [9.17, 15) is 5.11 Å². The Morgan fingerprint density at radius 1 is 1.28 bits per heavy atom. The van der Waals surface area contributed by atoms with Crippen LogP contribution in [0.3, 0.4) is 0 Å². The van der Waals surface area contributed by atoms with Crippen LogP contribution in [0.15, 0.2) is 47.5 Å². The summed E-state index contributed by atoms with van der Waals surface area (Å²) in [4.78, 5) is 9.31. The summed E-state index contributed by atoms with van der Waals surface area (Å²) in [5.74, 6) is -0.108. The van der Waals surface area contributed by atoms with Gasteiger partial charge >= 0.3 is 0 Å². The summed E-state index contributed by atoms with van der Waals surface area (Å²) in [6.07, 6.45) is 7.10. The van der Waals surface area contributed by atoms with E-state index in [2.05, 4.69) is 27.4 Å². The number of hydrogen-bond donors (Lipinski definition) is 6. The minimum absolute atomic E-state index is 0.00684. The number of nitrogens with one attached hydrogen (secondary N) is 3. The Morgan fingerprint density at radius 3 is 2.81 bits per heavy atom. The maximum atomic E-state index is 15.1. The van der Waals surface area contributed by atoms with E-state index in [1.807, 2.05) is 37.4 Å². The van der Waals surface area contributed by atoms with E-state index in [0.29, 0.717) is 29.2 Å². The quantitative estimate of drug-likeness (QED) is 0.111. The Balaban J connectivity index is 1.30. The fourth-order valence-electron chi connectivity index (χ4n) is 5.88. The number of hydrogen-bond acceptors (Lipinski definition) is 6. The Hall–Kier alpha value is -3.44. The molecule has 4 atom stereocenters. The Labute approximate surface area is 256 Å². The van der Waals surface area contributed by atoms with Gasteiger partial charge in [0, 0.05) is 41.9 Å². The van der Waals surface area contributed by atoms with E-state index in [1.54, 1.807) is 11.0 Å². The lowest BCUT2D eigenvalue weighted by atomic mass is 9.87. The van der Waals surface area contributed by atoms with E-state index in [-0.39, 0.29) is 23.1 Å². The summed E-state index contributed by atoms with van der Waals surface area (Å²) < 4.78 is 21.1. The summed E-state index contributed by atoms with van der Waals surface area (Å²) >= 11 is 6.27. The standard InChI is InChI=1S/C32H41ClFN7O2/c1-19(35)4-2-5-20-14-26(29(34)27(33)15-20)28-17-23-18-41(32(42)40-30(23)39-28)24-9-7-21(8-10-24)22-11-13-43-25(16-22)6-3-12-38-31(36)37/h7-10,14-15,17-19,22,25,32,42H,2-6,11-13,16,35H2,1H3,(H,39,40)(H4,36,37,38)/t19-,22+,25-,32?/m0/s1. The number of aromatic nitrogens is 1. The highest BCUT2D eigenvalue weighted by atomic mass is 35.5. The fourth-order valence-corrected chi connectivity index (χ4v) is 6.12. The molecule has 230 valence electrons. The third-order valence-corrected chi connectivity index (χ3v) is 8.42. The molecule has 1 aromatic heterocycles. The number of aliphatic hydroxyl groups excluding tert-OH is 1. The number of aliphatic hydroxyl groups is 1. The predicted molar refractivity (Wildman–Crippen MR) is 169 cm³/mol. The van der Waals surface area contributed by atoms with Crippen molar-refractivity contribution in [2.24, 2.45) is 16.5 Å². The number of nitrogens with zero attached hydrogens (tertiary/aromatic N) is 2. The van der Waals surface area contributed by atoms with Gasteiger partial charge in [0.2, 0.25) is 6.35 Å². The monoisotopic (exact) mass is 609 g/mol. The molecule has 2 aromatic carbocycles. The number of nitrogens with two attached hydrogens (primary N) is 2. The lowest BCUT2D eigenvalue weighted by Crippen LogP contribution is -2.41. The summed E-state index contributed by atoms with van der Waals surface area (Å²) in [6.45, 7) is 3.36. The van der Waals surface area contributed by atoms with Crippen molar-refractivity contribution < 1.29 is 14.2 Å². The van der Waals surface area contributed by atoms with Gasteiger partial charge < -0.3 is 36.5 Å². The number of ether oxygens (including phenoxy) is 1. The lowest BCUT2D eigenvalue weighted by Gasteiger charge is -2.30. The van der Waals surface area contributed by atoms with E-state index in [1.165, 1.54) is 5.56 Å². The molecule has 8 N–H and O–H groups in total. The van der Waals surface area contributed by atoms with Crippen LogP contribution in [-0.4, -0.2) is 47.7 Å². The highest BCUT2D eigenvalue weighted by Gasteiger charge is 2.25. The van der Waals surface area contributed by atoms with Crippen molar-refractivity contribution in [1.29, 1.82) is 5.41 Å². The predicted octanol–water partition coefficient (Wildman–Crippen LogP) is 3.82. The van der Waals surface area contributed by atoms with E-state index >= 15 is 4.39 Å². The lowest BCUT2D eigenvalue weighted by molar-refractivity contribution is 0.00112. The number of aryl methyl sites for hydroxylation is 1. The first-order valence-corrected chi connectivity index (χ1v) is 15.3. The molecular formula is C32H41ClFN7O2. The molecule has 1 saturated heterocycles. The second-order valence-electron chi connectivity index (χ2n) is 11.6. The molecule has 9 nitrogen and oxygen atoms in total. The van der Waals surface area contributed by atoms with Crippen LogP contribution in [0.25, 0.3) is 17.5 Å². The molecule has 2 aliphatic rings. The number of guanidine groups is 1. The third-order valence-electron chi connectivity index (χ3n) is 8.15. The van der Waals surface area contributed by atoms with Crippen molar-refractivity contribution in [2.45, 2.75) is 76.3 Å². The summed E-state index contributed by atoms with van der Waals surface area (Å²) in [6, 6.07) is 13.6. The molecule has 0 spiro atoms. The van der Waals surface area contributed by atoms with Crippen LogP contribution in [-0.2, 0) is 11.2 Å². The molecule has 43 heavy (non-hydrogen) atoms. The minimum atomic E-state index is -1.13. The van der Waals surface area contributed by atoms with Crippen LogP contribution < -0.4 is 32.4 Å². The van der Waals surface area contributed by atoms with Crippen LogP contribution in [0.2, 0.25) is 5.02 Å². The van der Waals surface area contributed by atoms with Gasteiger partial charge in [-0.05, 0) is 99.2 Å². The highest BCUT2D eigenvalue weighted by Crippen LogP contribution is 2.33. The van der Waals surface area contributed by atoms with Crippen molar-refractivity contribution in [3.63, 3.8) is 0 Å². The van der Waals surface area contributed by atoms with Gasteiger partial charge in [-0.25, -0.2) is 9.38 Å². The van der Waals surface area contributed by atoms with Gasteiger partial charge in [0.05, 0.1) is 16.8 Å². The van der Waals surface area contributed by atoms with Gasteiger partial charge in [-0.15, -0.1) is 0 Å². The minimum Gasteiger partial charge on any atom is -0.378 e. The Bertz CT molecular complexity index is 1540. The average Bonchev–Trinajstić information content (AvgIpc) is 3.39. The van der Waals surface area contributed by atoms with E-state index < -0.39 is 12.2 Å². The maximum absolute atomic E-state index is 15.1. The number of anilines is 1. The SMILES string of the molecule is C[C@H](N)CCCc1cc(Cl)c(F)c(-c2cc3c([nH]2)=NC(O)N(c2ccc([C@@H]4CCO[C@@H](CCCNC(=N)N)C4)cc2)C=3)c1. The normalized spacial score (nSPS) is 20.6. The summed E-state index contributed by atoms with van der Waals surface area (Å²) in [7, 11) is 0. The van der Waals surface area contributed by atoms with Crippen LogP contribution in [0, 0.1) is 11.2 Å². The maximum Gasteiger partial charge on any atom is 0.231 e. The molecule has 2 aliphatic heterocycles.